The number of carbonyl (C=O) groups excluding carboxylic acids is 1. The number of nitrogens with zero attached hydrogens (tertiary/aromatic N) is 5. The molecule has 12 heteroatoms. The van der Waals surface area contributed by atoms with Crippen LogP contribution in [0.4, 0.5) is 23.7 Å². The first-order valence-corrected chi connectivity index (χ1v) is 15.8. The number of amidine groups is 1. The Morgan fingerprint density at radius 2 is 1.82 bits per heavy atom. The number of benzene rings is 3. The third-order valence-corrected chi connectivity index (χ3v) is 8.45. The zero-order valence-electron chi connectivity index (χ0n) is 25.5. The molecule has 4 aromatic rings. The highest BCUT2D eigenvalue weighted by Crippen LogP contribution is 2.33. The van der Waals surface area contributed by atoms with Gasteiger partial charge in [0, 0.05) is 23.5 Å². The fourth-order valence-electron chi connectivity index (χ4n) is 5.13. The molecule has 1 aliphatic rings. The van der Waals surface area contributed by atoms with Gasteiger partial charge in [0.15, 0.2) is 11.0 Å². The zero-order chi connectivity index (χ0) is 32.1. The van der Waals surface area contributed by atoms with Gasteiger partial charge in [-0.3, -0.25) is 0 Å². The van der Waals surface area contributed by atoms with Crippen LogP contribution in [0.5, 0.6) is 5.75 Å². The number of hydrogen-bond acceptors (Lipinski definition) is 5. The molecule has 0 radical (unpaired) electrons. The topological polar surface area (TPSA) is 84.6 Å². The van der Waals surface area contributed by atoms with Gasteiger partial charge in [-0.1, -0.05) is 68.9 Å². The van der Waals surface area contributed by atoms with Crippen LogP contribution in [0, 0.1) is 6.92 Å². The number of amides is 2. The van der Waals surface area contributed by atoms with E-state index in [1.807, 2.05) is 31.2 Å². The quantitative estimate of drug-likeness (QED) is 0.209. The summed E-state index contributed by atoms with van der Waals surface area (Å²) in [5.74, 6) is 1.39. The van der Waals surface area contributed by atoms with Gasteiger partial charge >= 0.3 is 12.4 Å². The van der Waals surface area contributed by atoms with Crippen LogP contribution in [0.2, 0.25) is 0 Å². The molecule has 1 saturated heterocycles. The zero-order valence-corrected chi connectivity index (χ0v) is 26.3. The Hall–Kier alpha value is -4.32. The highest BCUT2D eigenvalue weighted by atomic mass is 32.2. The fourth-order valence-corrected chi connectivity index (χ4v) is 6.07. The lowest BCUT2D eigenvalue weighted by Crippen LogP contribution is -2.37. The summed E-state index contributed by atoms with van der Waals surface area (Å²) in [6.07, 6.45) is -1.58. The largest absolute Gasteiger partial charge is 0.573 e. The van der Waals surface area contributed by atoms with Crippen molar-refractivity contribution in [3.63, 3.8) is 0 Å². The van der Waals surface area contributed by atoms with Gasteiger partial charge in [0.1, 0.15) is 12.1 Å². The van der Waals surface area contributed by atoms with Crippen LogP contribution >= 0.6 is 11.8 Å². The molecule has 1 atom stereocenters. The normalized spacial score (nSPS) is 15.4. The second-order valence-corrected chi connectivity index (χ2v) is 12.1. The predicted molar refractivity (Wildman–Crippen MR) is 172 cm³/mol. The summed E-state index contributed by atoms with van der Waals surface area (Å²) in [4.78, 5) is 24.3. The predicted octanol–water partition coefficient (Wildman–Crippen LogP) is 8.42. The van der Waals surface area contributed by atoms with Crippen molar-refractivity contribution in [3.8, 4) is 22.8 Å². The standard InChI is InChI=1S/C33H35F3N6O2S/c1-5-28(38-31(43)39-32-41(17-6-18-45-32)29-19-22(4)7-16-27(29)21(2)3)23-8-10-24(11-9-23)30-37-20-42(40-30)25-12-14-26(15-13-25)44-33(34,35)36/h7-16,19-21,28H,5-6,17-18H2,1-4H3,(H,38,43)/b39-32-. The molecule has 8 nitrogen and oxygen atoms in total. The van der Waals surface area contributed by atoms with E-state index >= 15 is 0 Å². The Labute approximate surface area is 264 Å². The second-order valence-electron chi connectivity index (χ2n) is 11.1. The van der Waals surface area contributed by atoms with Crippen LogP contribution in [0.25, 0.3) is 17.1 Å². The third-order valence-electron chi connectivity index (χ3n) is 7.39. The lowest BCUT2D eigenvalue weighted by atomic mass is 9.98. The molecule has 2 heterocycles. The van der Waals surface area contributed by atoms with Crippen molar-refractivity contribution in [2.75, 3.05) is 17.2 Å². The Kier molecular flexibility index (Phi) is 9.81. The number of nitrogens with one attached hydrogen (secondary N) is 1. The number of anilines is 1. The smallest absolute Gasteiger partial charge is 0.406 e. The molecule has 1 aliphatic heterocycles. The minimum Gasteiger partial charge on any atom is -0.406 e. The SMILES string of the molecule is CCC(NC(=O)/N=C1\SCCCN1c1cc(C)ccc1C(C)C)c1ccc(-c2ncn(-c3ccc(OC(F)(F)F)cc3)n2)cc1. The maximum Gasteiger partial charge on any atom is 0.573 e. The number of halogens is 3. The number of alkyl halides is 3. The van der Waals surface area contributed by atoms with Crippen molar-refractivity contribution in [2.45, 2.75) is 58.9 Å². The van der Waals surface area contributed by atoms with Crippen molar-refractivity contribution in [3.05, 3.63) is 89.7 Å². The number of aryl methyl sites for hydroxylation is 1. The van der Waals surface area contributed by atoms with E-state index in [9.17, 15) is 18.0 Å². The molecule has 236 valence electrons. The molecular weight excluding hydrogens is 601 g/mol. The van der Waals surface area contributed by atoms with Gasteiger partial charge in [0.05, 0.1) is 11.7 Å². The van der Waals surface area contributed by atoms with E-state index in [1.54, 1.807) is 11.8 Å². The molecular formula is C33H35F3N6O2S. The van der Waals surface area contributed by atoms with Gasteiger partial charge in [-0.25, -0.2) is 14.5 Å². The van der Waals surface area contributed by atoms with Crippen molar-refractivity contribution in [1.29, 1.82) is 0 Å². The van der Waals surface area contributed by atoms with E-state index < -0.39 is 6.36 Å². The van der Waals surface area contributed by atoms with Crippen molar-refractivity contribution < 1.29 is 22.7 Å². The number of carbonyl (C=O) groups is 1. The minimum absolute atomic E-state index is 0.244. The lowest BCUT2D eigenvalue weighted by Gasteiger charge is -2.32. The van der Waals surface area contributed by atoms with Crippen LogP contribution in [-0.4, -0.2) is 44.6 Å². The highest BCUT2D eigenvalue weighted by molar-refractivity contribution is 8.14. The summed E-state index contributed by atoms with van der Waals surface area (Å²) in [7, 11) is 0. The minimum atomic E-state index is -4.75. The molecule has 0 aliphatic carbocycles. The lowest BCUT2D eigenvalue weighted by molar-refractivity contribution is -0.274. The average Bonchev–Trinajstić information content (AvgIpc) is 3.50. The first-order valence-electron chi connectivity index (χ1n) is 14.8. The summed E-state index contributed by atoms with van der Waals surface area (Å²) >= 11 is 1.60. The molecule has 3 aromatic carbocycles. The van der Waals surface area contributed by atoms with E-state index in [2.05, 4.69) is 69.0 Å². The fraction of sp³-hybridized carbons (Fsp3) is 0.333. The van der Waals surface area contributed by atoms with Gasteiger partial charge in [-0.05, 0) is 72.7 Å². The maximum atomic E-state index is 13.2. The Morgan fingerprint density at radius 3 is 2.49 bits per heavy atom. The van der Waals surface area contributed by atoms with Crippen molar-refractivity contribution in [2.24, 2.45) is 4.99 Å². The molecule has 1 unspecified atom stereocenters. The Bertz CT molecular complexity index is 1650. The molecule has 0 spiro atoms. The number of thioether (sulfide) groups is 1. The summed E-state index contributed by atoms with van der Waals surface area (Å²) in [6.45, 7) is 9.23. The first kappa shape index (κ1) is 32.1. The summed E-state index contributed by atoms with van der Waals surface area (Å²) in [5.41, 5.74) is 5.71. The van der Waals surface area contributed by atoms with Gasteiger partial charge in [-0.2, -0.15) is 4.99 Å². The van der Waals surface area contributed by atoms with Crippen LogP contribution in [-0.2, 0) is 0 Å². The summed E-state index contributed by atoms with van der Waals surface area (Å²) in [5, 5.41) is 8.25. The number of ether oxygens (including phenoxy) is 1. The molecule has 1 fully saturated rings. The van der Waals surface area contributed by atoms with Gasteiger partial charge < -0.3 is 15.0 Å². The molecule has 1 N–H and O–H groups in total. The number of urea groups is 1. The van der Waals surface area contributed by atoms with Crippen molar-refractivity contribution >= 4 is 28.6 Å². The van der Waals surface area contributed by atoms with Crippen LogP contribution < -0.4 is 15.0 Å². The van der Waals surface area contributed by atoms with Gasteiger partial charge in [0.25, 0.3) is 0 Å². The summed E-state index contributed by atoms with van der Waals surface area (Å²) in [6, 6.07) is 18.8. The molecule has 2 amide bonds. The van der Waals surface area contributed by atoms with E-state index in [1.165, 1.54) is 46.4 Å². The van der Waals surface area contributed by atoms with Crippen LogP contribution in [0.3, 0.4) is 0 Å². The monoisotopic (exact) mass is 636 g/mol. The third kappa shape index (κ3) is 8.05. The Morgan fingerprint density at radius 1 is 1.09 bits per heavy atom. The van der Waals surface area contributed by atoms with Gasteiger partial charge in [-0.15, -0.1) is 18.3 Å². The molecule has 5 rings (SSSR count). The van der Waals surface area contributed by atoms with Crippen LogP contribution in [0.1, 0.15) is 62.3 Å². The second kappa shape index (κ2) is 13.8. The molecule has 45 heavy (non-hydrogen) atoms. The summed E-state index contributed by atoms with van der Waals surface area (Å²) < 4.78 is 42.8. The Balaban J connectivity index is 1.27. The molecule has 0 saturated carbocycles. The number of aliphatic imine (C=N–C) groups is 1. The number of hydrogen-bond donors (Lipinski definition) is 1. The van der Waals surface area contributed by atoms with Crippen LogP contribution in [0.15, 0.2) is 78.0 Å². The van der Waals surface area contributed by atoms with E-state index in [0.717, 1.165) is 35.5 Å². The molecule has 1 aromatic heterocycles. The number of rotatable bonds is 8. The van der Waals surface area contributed by atoms with E-state index in [-0.39, 0.29) is 17.8 Å². The molecule has 0 bridgehead atoms. The number of aromatic nitrogens is 3. The average molecular weight is 637 g/mol. The van der Waals surface area contributed by atoms with Gasteiger partial charge in [0.2, 0.25) is 0 Å². The maximum absolute atomic E-state index is 13.2. The van der Waals surface area contributed by atoms with E-state index in [4.69, 9.17) is 0 Å². The van der Waals surface area contributed by atoms with Crippen molar-refractivity contribution in [1.82, 2.24) is 20.1 Å². The highest BCUT2D eigenvalue weighted by Gasteiger charge is 2.31. The van der Waals surface area contributed by atoms with E-state index in [0.29, 0.717) is 29.0 Å². The first-order chi connectivity index (χ1) is 21.5.